The molecule has 2 aliphatic heterocycles. The molecule has 1 N–H and O–H groups in total. The molecule has 2 saturated heterocycles. The van der Waals surface area contributed by atoms with Gasteiger partial charge >= 0.3 is 7.60 Å². The molecule has 5 rings (SSSR count). The summed E-state index contributed by atoms with van der Waals surface area (Å²) in [5.74, 6) is 0.0734. The van der Waals surface area contributed by atoms with Crippen LogP contribution in [-0.2, 0) is 32.6 Å². The Kier molecular flexibility index (Phi) is 8.48. The van der Waals surface area contributed by atoms with Crippen molar-refractivity contribution in [2.75, 3.05) is 31.5 Å². The molecule has 3 fully saturated rings. The molecule has 3 aliphatic rings. The number of nitrogens with zero attached hydrogens (tertiary/aromatic N) is 3. The van der Waals surface area contributed by atoms with E-state index in [1.54, 1.807) is 13.8 Å². The normalized spacial score (nSPS) is 27.8. The molecule has 1 saturated carbocycles. The molecule has 4 heterocycles. The summed E-state index contributed by atoms with van der Waals surface area (Å²) in [4.78, 5) is 9.43. The Balaban J connectivity index is 1.37. The van der Waals surface area contributed by atoms with Gasteiger partial charge in [-0.1, -0.05) is 12.8 Å². The van der Waals surface area contributed by atoms with E-state index in [9.17, 15) is 4.57 Å². The molecule has 0 unspecified atom stereocenters. The van der Waals surface area contributed by atoms with Gasteiger partial charge in [0.1, 0.15) is 36.1 Å². The van der Waals surface area contributed by atoms with Gasteiger partial charge in [0.05, 0.1) is 25.2 Å². The van der Waals surface area contributed by atoms with Crippen LogP contribution in [-0.4, -0.2) is 70.8 Å². The zero-order valence-electron chi connectivity index (χ0n) is 21.7. The number of fused-ring (bicyclic) bond motifs is 2. The summed E-state index contributed by atoms with van der Waals surface area (Å²) in [6, 6.07) is 2.45. The topological polar surface area (TPSA) is 115 Å². The Morgan fingerprint density at radius 3 is 2.57 bits per heavy atom. The molecule has 13 heteroatoms. The Morgan fingerprint density at radius 1 is 1.16 bits per heavy atom. The zero-order chi connectivity index (χ0) is 26.2. The summed E-state index contributed by atoms with van der Waals surface area (Å²) in [5, 5.41) is 4.57. The number of nitrogens with one attached hydrogen (secondary N) is 1. The molecule has 11 nitrogen and oxygen atoms in total. The van der Waals surface area contributed by atoms with Gasteiger partial charge in [-0.2, -0.15) is 0 Å². The van der Waals surface area contributed by atoms with Gasteiger partial charge in [0, 0.05) is 34.8 Å². The van der Waals surface area contributed by atoms with E-state index in [2.05, 4.69) is 32.9 Å². The Labute approximate surface area is 230 Å². The van der Waals surface area contributed by atoms with Gasteiger partial charge in [0.15, 0.2) is 15.8 Å². The number of hydrogen-bond donors (Lipinski definition) is 1. The molecule has 0 aromatic carbocycles. The number of aromatic nitrogens is 3. The minimum atomic E-state index is -3.33. The van der Waals surface area contributed by atoms with E-state index in [0.717, 1.165) is 29.7 Å². The predicted octanol–water partition coefficient (Wildman–Crippen LogP) is 5.05. The van der Waals surface area contributed by atoms with Crippen molar-refractivity contribution < 1.29 is 32.6 Å². The molecular formula is C24H36IN4O7P. The van der Waals surface area contributed by atoms with Crippen molar-refractivity contribution in [3.05, 3.63) is 16.1 Å². The van der Waals surface area contributed by atoms with E-state index in [4.69, 9.17) is 33.0 Å². The lowest BCUT2D eigenvalue weighted by atomic mass is 10.1. The molecule has 0 radical (unpaired) electrons. The van der Waals surface area contributed by atoms with Gasteiger partial charge in [-0.3, -0.25) is 4.57 Å². The van der Waals surface area contributed by atoms with E-state index in [1.165, 1.54) is 12.8 Å². The maximum Gasteiger partial charge on any atom is 0.356 e. The monoisotopic (exact) mass is 650 g/mol. The van der Waals surface area contributed by atoms with Gasteiger partial charge in [0.25, 0.3) is 0 Å². The van der Waals surface area contributed by atoms with Crippen LogP contribution in [0.3, 0.4) is 0 Å². The minimum Gasteiger partial charge on any atom is -0.367 e. The summed E-state index contributed by atoms with van der Waals surface area (Å²) >= 11 is 2.15. The minimum absolute atomic E-state index is 0.154. The fourth-order valence-corrected chi connectivity index (χ4v) is 7.20. The van der Waals surface area contributed by atoms with Crippen molar-refractivity contribution in [2.24, 2.45) is 0 Å². The van der Waals surface area contributed by atoms with Gasteiger partial charge in [-0.05, 0) is 46.6 Å². The molecule has 0 bridgehead atoms. The number of ether oxygens (including phenoxy) is 4. The van der Waals surface area contributed by atoms with Crippen LogP contribution in [0.1, 0.15) is 59.6 Å². The van der Waals surface area contributed by atoms with Gasteiger partial charge in [-0.15, -0.1) is 0 Å². The molecule has 206 valence electrons. The second-order valence-corrected chi connectivity index (χ2v) is 13.0. The quantitative estimate of drug-likeness (QED) is 0.201. The van der Waals surface area contributed by atoms with Crippen molar-refractivity contribution in [3.63, 3.8) is 0 Å². The summed E-state index contributed by atoms with van der Waals surface area (Å²) < 4.78 is 50.9. The van der Waals surface area contributed by atoms with Crippen molar-refractivity contribution in [1.82, 2.24) is 14.5 Å². The highest BCUT2D eigenvalue weighted by molar-refractivity contribution is 14.1. The first-order valence-electron chi connectivity index (χ1n) is 13.0. The first kappa shape index (κ1) is 27.7. The smallest absolute Gasteiger partial charge is 0.356 e. The number of anilines is 1. The molecular weight excluding hydrogens is 614 g/mol. The number of rotatable bonds is 11. The van der Waals surface area contributed by atoms with E-state index in [1.807, 2.05) is 30.7 Å². The van der Waals surface area contributed by atoms with Gasteiger partial charge in [0.2, 0.25) is 0 Å². The van der Waals surface area contributed by atoms with Crippen LogP contribution in [0.4, 0.5) is 5.82 Å². The maximum absolute atomic E-state index is 12.8. The van der Waals surface area contributed by atoms with E-state index in [-0.39, 0.29) is 38.4 Å². The highest BCUT2D eigenvalue weighted by atomic mass is 127. The predicted molar refractivity (Wildman–Crippen MR) is 146 cm³/mol. The van der Waals surface area contributed by atoms with Crippen LogP contribution in [0.25, 0.3) is 11.0 Å². The average Bonchev–Trinajstić information content (AvgIpc) is 3.59. The highest BCUT2D eigenvalue weighted by Crippen LogP contribution is 2.49. The number of halogens is 1. The lowest BCUT2D eigenvalue weighted by Crippen LogP contribution is -2.33. The zero-order valence-corrected chi connectivity index (χ0v) is 24.8. The summed E-state index contributed by atoms with van der Waals surface area (Å²) in [7, 11) is -3.33. The largest absolute Gasteiger partial charge is 0.367 e. The summed E-state index contributed by atoms with van der Waals surface area (Å²) in [6.07, 6.45) is 4.93. The van der Waals surface area contributed by atoms with Crippen LogP contribution >= 0.6 is 30.2 Å². The first-order valence-corrected chi connectivity index (χ1v) is 15.8. The van der Waals surface area contributed by atoms with E-state index < -0.39 is 25.7 Å². The van der Waals surface area contributed by atoms with Crippen LogP contribution in [0, 0.1) is 3.83 Å². The van der Waals surface area contributed by atoms with Crippen molar-refractivity contribution in [3.8, 4) is 0 Å². The van der Waals surface area contributed by atoms with Crippen LogP contribution in [0.15, 0.2) is 12.3 Å². The molecule has 4 atom stereocenters. The van der Waals surface area contributed by atoms with Crippen LogP contribution in [0.2, 0.25) is 0 Å². The Morgan fingerprint density at radius 2 is 1.86 bits per heavy atom. The number of hydrogen-bond acceptors (Lipinski definition) is 10. The molecule has 37 heavy (non-hydrogen) atoms. The molecule has 0 spiro atoms. The Bertz CT molecular complexity index is 1130. The van der Waals surface area contributed by atoms with Crippen LogP contribution in [0.5, 0.6) is 0 Å². The second kappa shape index (κ2) is 11.3. The van der Waals surface area contributed by atoms with E-state index in [0.29, 0.717) is 9.87 Å². The summed E-state index contributed by atoms with van der Waals surface area (Å²) in [5.41, 5.74) is 0.774. The van der Waals surface area contributed by atoms with Gasteiger partial charge in [-0.25, -0.2) is 9.97 Å². The van der Waals surface area contributed by atoms with Crippen LogP contribution < -0.4 is 5.32 Å². The van der Waals surface area contributed by atoms with Gasteiger partial charge < -0.3 is 37.9 Å². The van der Waals surface area contributed by atoms with Crippen molar-refractivity contribution >= 4 is 47.0 Å². The van der Waals surface area contributed by atoms with E-state index >= 15 is 0 Å². The SMILES string of the molecule is CCOP(=O)(COC[C@H]1O[C@@H](n2ccc3c(NC4CCCC4)nc(I)nc32)[C@@H]2OC(C)(C)O[C@@H]21)OCC. The third-order valence-electron chi connectivity index (χ3n) is 6.82. The third-order valence-corrected chi connectivity index (χ3v) is 9.11. The fourth-order valence-electron chi connectivity index (χ4n) is 5.39. The molecule has 2 aromatic heterocycles. The third kappa shape index (κ3) is 6.01. The molecule has 1 aliphatic carbocycles. The lowest BCUT2D eigenvalue weighted by Gasteiger charge is -2.25. The standard InChI is InChI=1S/C24H36IN4O7P/c1-5-32-37(30,33-6-2)14-31-13-17-18-19(36-24(3,4)35-18)22(34-17)29-12-11-16-20(26-15-9-7-8-10-15)27-23(25)28-21(16)29/h11-12,15,17-19,22H,5-10,13-14H2,1-4H3,(H,26,27,28)/t17-,18-,19-,22-/m1/s1. The average molecular weight is 650 g/mol. The van der Waals surface area contributed by atoms with Crippen molar-refractivity contribution in [2.45, 2.75) is 89.7 Å². The molecule has 2 aromatic rings. The summed E-state index contributed by atoms with van der Waals surface area (Å²) in [6.45, 7) is 8.03. The second-order valence-electron chi connectivity index (χ2n) is 10.0. The highest BCUT2D eigenvalue weighted by Gasteiger charge is 2.56. The first-order chi connectivity index (χ1) is 17.7. The van der Waals surface area contributed by atoms with Crippen molar-refractivity contribution in [1.29, 1.82) is 0 Å². The molecule has 0 amide bonds. The maximum atomic E-state index is 12.8. The fraction of sp³-hybridized carbons (Fsp3) is 0.750. The lowest BCUT2D eigenvalue weighted by molar-refractivity contribution is -0.201. The Hall–Kier alpha value is -0.860.